The number of allylic oxidation sites excluding steroid dienone is 8. The van der Waals surface area contributed by atoms with Crippen molar-refractivity contribution in [3.05, 3.63) is 48.6 Å². The molecule has 136 valence electrons. The van der Waals surface area contributed by atoms with E-state index in [1.165, 1.54) is 32.6 Å². The van der Waals surface area contributed by atoms with Crippen molar-refractivity contribution in [3.8, 4) is 0 Å². The molecule has 0 rings (SSSR count). The van der Waals surface area contributed by atoms with Crippen molar-refractivity contribution in [1.29, 1.82) is 0 Å². The Labute approximate surface area is 149 Å². The highest BCUT2D eigenvalue weighted by Gasteiger charge is 1.91. The third-order valence-corrected chi connectivity index (χ3v) is 3.53. The average molecular weight is 333 g/mol. The van der Waals surface area contributed by atoms with Gasteiger partial charge in [0.25, 0.3) is 0 Å². The molecule has 0 amide bonds. The van der Waals surface area contributed by atoms with E-state index < -0.39 is 0 Å². The van der Waals surface area contributed by atoms with Crippen molar-refractivity contribution in [2.75, 3.05) is 6.61 Å². The van der Waals surface area contributed by atoms with Crippen LogP contribution in [0.3, 0.4) is 0 Å². The topological polar surface area (TPSA) is 26.3 Å². The maximum Gasteiger partial charge on any atom is 0.302 e. The van der Waals surface area contributed by atoms with Crippen molar-refractivity contribution in [2.24, 2.45) is 0 Å². The molecule has 0 N–H and O–H groups in total. The van der Waals surface area contributed by atoms with Gasteiger partial charge >= 0.3 is 5.97 Å². The molecule has 0 saturated heterocycles. The first-order valence-corrected chi connectivity index (χ1v) is 9.50. The minimum absolute atomic E-state index is 0.187. The number of carbonyl (C=O) groups is 1. The Morgan fingerprint density at radius 3 is 1.62 bits per heavy atom. The summed E-state index contributed by atoms with van der Waals surface area (Å²) in [6.45, 7) is 4.24. The van der Waals surface area contributed by atoms with Gasteiger partial charge in [0.2, 0.25) is 0 Å². The predicted molar refractivity (Wildman–Crippen MR) is 105 cm³/mol. The molecule has 0 fully saturated rings. The number of rotatable bonds is 15. The Balaban J connectivity index is 3.37. The monoisotopic (exact) mass is 332 g/mol. The second-order valence-electron chi connectivity index (χ2n) is 5.92. The Kier molecular flexibility index (Phi) is 18.2. The van der Waals surface area contributed by atoms with Gasteiger partial charge in [-0.1, -0.05) is 68.4 Å². The summed E-state index contributed by atoms with van der Waals surface area (Å²) >= 11 is 0. The fraction of sp³-hybridized carbons (Fsp3) is 0.591. The number of hydrogen-bond acceptors (Lipinski definition) is 2. The summed E-state index contributed by atoms with van der Waals surface area (Å²) in [5.41, 5.74) is 0. The molecule has 0 aromatic heterocycles. The van der Waals surface area contributed by atoms with Crippen LogP contribution >= 0.6 is 0 Å². The zero-order valence-electron chi connectivity index (χ0n) is 15.7. The molecule has 24 heavy (non-hydrogen) atoms. The first-order chi connectivity index (χ1) is 11.8. The summed E-state index contributed by atoms with van der Waals surface area (Å²) in [7, 11) is 0. The zero-order valence-corrected chi connectivity index (χ0v) is 15.7. The third kappa shape index (κ3) is 20.4. The summed E-state index contributed by atoms with van der Waals surface area (Å²) in [5.74, 6) is -0.187. The van der Waals surface area contributed by atoms with Gasteiger partial charge in [-0.15, -0.1) is 0 Å². The molecule has 0 radical (unpaired) electrons. The molecule has 0 aromatic carbocycles. The highest BCUT2D eigenvalue weighted by Crippen LogP contribution is 2.01. The van der Waals surface area contributed by atoms with E-state index in [-0.39, 0.29) is 5.97 Å². The minimum Gasteiger partial charge on any atom is -0.466 e. The Morgan fingerprint density at radius 1 is 0.708 bits per heavy atom. The van der Waals surface area contributed by atoms with Gasteiger partial charge in [0, 0.05) is 6.92 Å². The fourth-order valence-corrected chi connectivity index (χ4v) is 2.14. The minimum atomic E-state index is -0.187. The van der Waals surface area contributed by atoms with Crippen molar-refractivity contribution in [3.63, 3.8) is 0 Å². The van der Waals surface area contributed by atoms with Crippen molar-refractivity contribution >= 4 is 5.97 Å². The van der Waals surface area contributed by atoms with Gasteiger partial charge in [0.15, 0.2) is 0 Å². The second-order valence-corrected chi connectivity index (χ2v) is 5.92. The number of hydrogen-bond donors (Lipinski definition) is 0. The summed E-state index contributed by atoms with van der Waals surface area (Å²) in [6.07, 6.45) is 29.2. The molecule has 0 heterocycles. The number of ether oxygens (including phenoxy) is 1. The molecule has 0 spiro atoms. The van der Waals surface area contributed by atoms with Crippen molar-refractivity contribution < 1.29 is 9.53 Å². The first-order valence-electron chi connectivity index (χ1n) is 9.50. The van der Waals surface area contributed by atoms with Crippen LogP contribution in [0, 0.1) is 0 Å². The van der Waals surface area contributed by atoms with Crippen LogP contribution in [0.4, 0.5) is 0 Å². The van der Waals surface area contributed by atoms with Crippen LogP contribution in [-0.4, -0.2) is 12.6 Å². The molecule has 0 bridgehead atoms. The van der Waals surface area contributed by atoms with Gasteiger partial charge in [-0.25, -0.2) is 0 Å². The van der Waals surface area contributed by atoms with E-state index in [1.54, 1.807) is 0 Å². The molecule has 0 aliphatic rings. The maximum atomic E-state index is 10.6. The number of carbonyl (C=O) groups excluding carboxylic acids is 1. The number of esters is 1. The summed E-state index contributed by atoms with van der Waals surface area (Å²) < 4.78 is 4.89. The van der Waals surface area contributed by atoms with E-state index in [0.717, 1.165) is 38.5 Å². The van der Waals surface area contributed by atoms with Crippen LogP contribution in [0.1, 0.15) is 78.1 Å². The van der Waals surface area contributed by atoms with E-state index in [9.17, 15) is 4.79 Å². The Bertz CT molecular complexity index is 389. The molecule has 0 aromatic rings. The molecule has 0 aliphatic carbocycles. The molecule has 0 atom stereocenters. The molecular formula is C22H36O2. The van der Waals surface area contributed by atoms with Gasteiger partial charge in [-0.2, -0.15) is 0 Å². The molecule has 2 nitrogen and oxygen atoms in total. The van der Waals surface area contributed by atoms with E-state index in [0.29, 0.717) is 6.61 Å². The van der Waals surface area contributed by atoms with Crippen molar-refractivity contribution in [2.45, 2.75) is 78.1 Å². The summed E-state index contributed by atoms with van der Waals surface area (Å²) in [4.78, 5) is 10.6. The van der Waals surface area contributed by atoms with Gasteiger partial charge < -0.3 is 4.74 Å². The van der Waals surface area contributed by atoms with E-state index in [2.05, 4.69) is 55.5 Å². The Hall–Kier alpha value is -1.57. The standard InChI is InChI=1S/C22H36O2/c1-3-4-5-6-7-8-9-10-11-12-13-14-15-16-17-18-19-20-21-24-22(2)23/h7-8,10-11,13-14,16-17H,3-6,9,12,15,18-21H2,1-2H3/b8-7+,11-10+,14-13-,17-16-. The van der Waals surface area contributed by atoms with Crippen LogP contribution in [0.15, 0.2) is 48.6 Å². The normalized spacial score (nSPS) is 12.2. The number of unbranched alkanes of at least 4 members (excludes halogenated alkanes) is 5. The molecule has 0 saturated carbocycles. The average Bonchev–Trinajstić information content (AvgIpc) is 2.56. The van der Waals surface area contributed by atoms with E-state index >= 15 is 0 Å². The van der Waals surface area contributed by atoms with E-state index in [4.69, 9.17) is 4.74 Å². The third-order valence-electron chi connectivity index (χ3n) is 3.53. The van der Waals surface area contributed by atoms with Gasteiger partial charge in [0.1, 0.15) is 0 Å². The first kappa shape index (κ1) is 22.4. The van der Waals surface area contributed by atoms with Gasteiger partial charge in [0.05, 0.1) is 6.61 Å². The SMILES string of the molecule is CCCCC/C=C/C/C=C/C/C=C\C/C=C\CCCCOC(C)=O. The summed E-state index contributed by atoms with van der Waals surface area (Å²) in [6, 6.07) is 0. The lowest BCUT2D eigenvalue weighted by Crippen LogP contribution is -1.99. The van der Waals surface area contributed by atoms with Crippen molar-refractivity contribution in [1.82, 2.24) is 0 Å². The molecular weight excluding hydrogens is 296 g/mol. The molecule has 0 unspecified atom stereocenters. The largest absolute Gasteiger partial charge is 0.466 e. The Morgan fingerprint density at radius 2 is 1.17 bits per heavy atom. The summed E-state index contributed by atoms with van der Waals surface area (Å²) in [5, 5.41) is 0. The second kappa shape index (κ2) is 19.5. The van der Waals surface area contributed by atoms with Crippen LogP contribution in [0.5, 0.6) is 0 Å². The van der Waals surface area contributed by atoms with Crippen LogP contribution in [0.25, 0.3) is 0 Å². The predicted octanol–water partition coefficient (Wildman–Crippen LogP) is 6.70. The lowest BCUT2D eigenvalue weighted by molar-refractivity contribution is -0.141. The highest BCUT2D eigenvalue weighted by molar-refractivity contribution is 5.65. The highest BCUT2D eigenvalue weighted by atomic mass is 16.5. The fourth-order valence-electron chi connectivity index (χ4n) is 2.14. The van der Waals surface area contributed by atoms with E-state index in [1.807, 2.05) is 0 Å². The zero-order chi connectivity index (χ0) is 17.7. The van der Waals surface area contributed by atoms with Crippen LogP contribution in [-0.2, 0) is 9.53 Å². The lowest BCUT2D eigenvalue weighted by Gasteiger charge is -1.99. The maximum absolute atomic E-state index is 10.6. The molecule has 0 aliphatic heterocycles. The quantitative estimate of drug-likeness (QED) is 0.189. The van der Waals surface area contributed by atoms with Gasteiger partial charge in [-0.3, -0.25) is 4.79 Å². The van der Waals surface area contributed by atoms with Crippen LogP contribution in [0.2, 0.25) is 0 Å². The van der Waals surface area contributed by atoms with Crippen LogP contribution < -0.4 is 0 Å². The molecule has 2 heteroatoms. The lowest BCUT2D eigenvalue weighted by atomic mass is 10.2. The smallest absolute Gasteiger partial charge is 0.302 e. The van der Waals surface area contributed by atoms with Gasteiger partial charge in [-0.05, 0) is 51.4 Å².